The molecule has 0 atom stereocenters. The van der Waals surface area contributed by atoms with E-state index in [1.807, 2.05) is 0 Å². The van der Waals surface area contributed by atoms with Crippen LogP contribution in [0, 0.1) is 0 Å². The van der Waals surface area contributed by atoms with Gasteiger partial charge in [0.1, 0.15) is 0 Å². The second kappa shape index (κ2) is 16.5. The monoisotopic (exact) mass is 282 g/mol. The van der Waals surface area contributed by atoms with Crippen molar-refractivity contribution in [3.8, 4) is 0 Å². The fourth-order valence-electron chi connectivity index (χ4n) is 0.296. The fraction of sp³-hybridized carbons (Fsp3) is 0.333. The molecule has 18 heavy (non-hydrogen) atoms. The van der Waals surface area contributed by atoms with E-state index in [2.05, 4.69) is 0 Å². The van der Waals surface area contributed by atoms with Crippen molar-refractivity contribution in [1.82, 2.24) is 10.6 Å². The largest absolute Gasteiger partial charge is 1.00 e. The van der Waals surface area contributed by atoms with Crippen LogP contribution in [0.5, 0.6) is 0 Å². The molecule has 0 rings (SSSR count). The van der Waals surface area contributed by atoms with Crippen molar-refractivity contribution in [2.24, 2.45) is 0 Å². The Morgan fingerprint density at radius 3 is 1.06 bits per heavy atom. The molecule has 0 bridgehead atoms. The van der Waals surface area contributed by atoms with Gasteiger partial charge >= 0.3 is 71.3 Å². The van der Waals surface area contributed by atoms with Crippen molar-refractivity contribution in [3.05, 3.63) is 0 Å². The molecule has 0 saturated heterocycles. The topological polar surface area (TPSA) is 179 Å². The van der Waals surface area contributed by atoms with E-state index in [9.17, 15) is 29.4 Å². The maximum atomic E-state index is 9.50. The smallest absolute Gasteiger partial charge is 0.548 e. The van der Waals surface area contributed by atoms with Gasteiger partial charge in [0, 0.05) is 0 Å². The third kappa shape index (κ3) is 36.1. The van der Waals surface area contributed by atoms with Crippen LogP contribution in [0.4, 0.5) is 9.59 Å². The van der Waals surface area contributed by atoms with Crippen LogP contribution in [0.1, 0.15) is 0 Å². The summed E-state index contributed by atoms with van der Waals surface area (Å²) in [5.41, 5.74) is 0. The molecule has 0 unspecified atom stereocenters. The predicted octanol–water partition coefficient (Wildman–Crippen LogP) is -9.98. The molecule has 2 amide bonds. The van der Waals surface area contributed by atoms with Crippen LogP contribution in [0.3, 0.4) is 0 Å². The summed E-state index contributed by atoms with van der Waals surface area (Å²) >= 11 is 0. The molecular weight excluding hydrogens is 274 g/mol. The average Bonchev–Trinajstić information content (AvgIpc) is 2.12. The van der Waals surface area contributed by atoms with Crippen LogP contribution < -0.4 is 80.0 Å². The Morgan fingerprint density at radius 2 is 1.00 bits per heavy atom. The van der Waals surface area contributed by atoms with Crippen LogP contribution >= 0.6 is 0 Å². The Hall–Kier alpha value is -0.520. The third-order valence-corrected chi connectivity index (χ3v) is 0.768. The Bertz CT molecular complexity index is 229. The second-order valence-electron chi connectivity index (χ2n) is 2.06. The van der Waals surface area contributed by atoms with E-state index >= 15 is 0 Å². The summed E-state index contributed by atoms with van der Waals surface area (Å²) in [6, 6.07) is 0. The number of rotatable bonds is 4. The zero-order valence-electron chi connectivity index (χ0n) is 9.76. The van der Waals surface area contributed by atoms with Gasteiger partial charge in [-0.15, -0.1) is 0 Å². The summed E-state index contributed by atoms with van der Waals surface area (Å²) in [6.07, 6.45) is -2.73. The van der Waals surface area contributed by atoms with E-state index in [0.717, 1.165) is 0 Å². The van der Waals surface area contributed by atoms with Gasteiger partial charge in [0.05, 0.1) is 25.0 Å². The number of hydrogen-bond acceptors (Lipinski definition) is 6. The van der Waals surface area contributed by atoms with Gasteiger partial charge in [-0.2, -0.15) is 0 Å². The van der Waals surface area contributed by atoms with Crippen molar-refractivity contribution in [3.63, 3.8) is 0 Å². The minimum absolute atomic E-state index is 0. The van der Waals surface area contributed by atoms with Crippen molar-refractivity contribution < 1.29 is 98.7 Å². The average molecular weight is 282 g/mol. The first kappa shape index (κ1) is 26.1. The normalized spacial score (nSPS) is 7.11. The molecule has 0 aliphatic carbocycles. The van der Waals surface area contributed by atoms with Crippen LogP contribution in [0.25, 0.3) is 0 Å². The molecule has 0 aromatic rings. The molecular formula is C6H8N2Na2O8. The standard InChI is InChI=1S/2C3H5NO4.2Na/c2*5-2(6)1-4-3(7)8;;/h2*4H,1H2,(H,5,6)(H,7,8);;/q;;2*+1/p-2. The maximum Gasteiger partial charge on any atom is 1.00 e. The van der Waals surface area contributed by atoms with E-state index in [-0.39, 0.29) is 59.1 Å². The van der Waals surface area contributed by atoms with E-state index in [1.54, 1.807) is 10.6 Å². The van der Waals surface area contributed by atoms with E-state index < -0.39 is 37.2 Å². The van der Waals surface area contributed by atoms with Crippen molar-refractivity contribution in [2.75, 3.05) is 13.1 Å². The summed E-state index contributed by atoms with van der Waals surface area (Å²) in [5, 5.41) is 37.7. The van der Waals surface area contributed by atoms with Gasteiger partial charge in [-0.1, -0.05) is 0 Å². The van der Waals surface area contributed by atoms with Crippen molar-refractivity contribution in [1.29, 1.82) is 0 Å². The molecule has 0 fully saturated rings. The molecule has 0 radical (unpaired) electrons. The zero-order chi connectivity index (χ0) is 13.1. The van der Waals surface area contributed by atoms with Gasteiger partial charge in [0.15, 0.2) is 0 Å². The number of carboxylic acids is 2. The molecule has 0 aromatic carbocycles. The van der Waals surface area contributed by atoms with Gasteiger partial charge in [0.25, 0.3) is 0 Å². The van der Waals surface area contributed by atoms with Gasteiger partial charge in [-0.3, -0.25) is 0 Å². The minimum Gasteiger partial charge on any atom is -0.548 e. The fourth-order valence-corrected chi connectivity index (χ4v) is 0.296. The number of carbonyl (C=O) groups is 4. The van der Waals surface area contributed by atoms with E-state index in [4.69, 9.17) is 10.2 Å². The summed E-state index contributed by atoms with van der Waals surface area (Å²) in [4.78, 5) is 37.9. The Morgan fingerprint density at radius 1 is 0.778 bits per heavy atom. The molecule has 12 heteroatoms. The summed E-state index contributed by atoms with van der Waals surface area (Å²) < 4.78 is 0. The summed E-state index contributed by atoms with van der Waals surface area (Å²) in [6.45, 7) is -1.31. The zero-order valence-corrected chi connectivity index (χ0v) is 13.8. The SMILES string of the molecule is O=C([O-])CNC(=O)O.O=C([O-])CNC(=O)O.[Na+].[Na+]. The first-order chi connectivity index (χ1) is 7.25. The molecule has 0 saturated carbocycles. The van der Waals surface area contributed by atoms with Crippen LogP contribution in [-0.2, 0) is 9.59 Å². The van der Waals surface area contributed by atoms with Gasteiger partial charge in [0.2, 0.25) is 0 Å². The van der Waals surface area contributed by atoms with Crippen LogP contribution in [0.15, 0.2) is 0 Å². The quantitative estimate of drug-likeness (QED) is 0.367. The number of carboxylic acid groups (broad SMARTS) is 4. The molecule has 92 valence electrons. The predicted molar refractivity (Wildman–Crippen MR) is 42.1 cm³/mol. The first-order valence-electron chi connectivity index (χ1n) is 3.59. The van der Waals surface area contributed by atoms with Gasteiger partial charge < -0.3 is 40.6 Å². The Kier molecular flexibility index (Phi) is 23.9. The van der Waals surface area contributed by atoms with Crippen molar-refractivity contribution in [2.45, 2.75) is 0 Å². The Labute approximate surface area is 145 Å². The minimum atomic E-state index is -1.44. The second-order valence-corrected chi connectivity index (χ2v) is 2.06. The first-order valence-corrected chi connectivity index (χ1v) is 3.59. The van der Waals surface area contributed by atoms with Crippen LogP contribution in [0.2, 0.25) is 0 Å². The molecule has 4 N–H and O–H groups in total. The van der Waals surface area contributed by atoms with Gasteiger partial charge in [-0.25, -0.2) is 9.59 Å². The molecule has 10 nitrogen and oxygen atoms in total. The summed E-state index contributed by atoms with van der Waals surface area (Å²) in [7, 11) is 0. The molecule has 0 heterocycles. The number of carbonyl (C=O) groups excluding carboxylic acids is 2. The molecule has 0 aliphatic heterocycles. The molecule has 0 aromatic heterocycles. The number of aliphatic carboxylic acids is 2. The number of nitrogens with one attached hydrogen (secondary N) is 2. The van der Waals surface area contributed by atoms with Crippen LogP contribution in [-0.4, -0.2) is 47.4 Å². The van der Waals surface area contributed by atoms with E-state index in [1.165, 1.54) is 0 Å². The third-order valence-electron chi connectivity index (χ3n) is 0.768. The van der Waals surface area contributed by atoms with E-state index in [0.29, 0.717) is 0 Å². The number of amides is 2. The summed E-state index contributed by atoms with van der Waals surface area (Å²) in [5.74, 6) is -2.88. The Balaban J connectivity index is -0.0000000980. The van der Waals surface area contributed by atoms with Crippen molar-refractivity contribution >= 4 is 24.1 Å². The van der Waals surface area contributed by atoms with Gasteiger partial charge in [-0.05, 0) is 0 Å². The number of hydrogen-bond donors (Lipinski definition) is 4. The molecule has 0 spiro atoms. The maximum absolute atomic E-state index is 9.50. The molecule has 0 aliphatic rings.